The van der Waals surface area contributed by atoms with Gasteiger partial charge in [-0.1, -0.05) is 11.6 Å². The normalized spacial score (nSPS) is 15.2. The molecule has 2 aromatic rings. The van der Waals surface area contributed by atoms with Crippen LogP contribution in [0.25, 0.3) is 0 Å². The number of carbonyl (C=O) groups excluding carboxylic acids is 1. The summed E-state index contributed by atoms with van der Waals surface area (Å²) in [7, 11) is 1.34. The molecule has 1 aliphatic rings. The Hall–Kier alpha value is -2.97. The van der Waals surface area contributed by atoms with Crippen LogP contribution in [0.2, 0.25) is 5.02 Å². The first kappa shape index (κ1) is 26.6. The van der Waals surface area contributed by atoms with Crippen LogP contribution >= 0.6 is 11.6 Å². The number of methoxy groups -OCH3 is 1. The van der Waals surface area contributed by atoms with E-state index in [4.69, 9.17) is 25.8 Å². The van der Waals surface area contributed by atoms with Gasteiger partial charge in [0.15, 0.2) is 11.3 Å². The molecule has 15 heteroatoms. The second-order valence-corrected chi connectivity index (χ2v) is 7.96. The van der Waals surface area contributed by atoms with Crippen LogP contribution in [0.5, 0.6) is 5.75 Å². The zero-order valence-corrected chi connectivity index (χ0v) is 19.5. The molecule has 0 saturated carbocycles. The van der Waals surface area contributed by atoms with Crippen LogP contribution in [0.3, 0.4) is 0 Å². The number of alkyl halides is 3. The monoisotopic (exact) mass is 520 g/mol. The Kier molecular flexibility index (Phi) is 9.23. The van der Waals surface area contributed by atoms with Crippen LogP contribution in [0, 0.1) is 0 Å². The number of ether oxygens (including phenoxy) is 3. The van der Waals surface area contributed by atoms with Crippen molar-refractivity contribution in [2.24, 2.45) is 0 Å². The fourth-order valence-corrected chi connectivity index (χ4v) is 3.48. The van der Waals surface area contributed by atoms with Crippen LogP contribution in [0.1, 0.15) is 12.0 Å². The molecule has 1 atom stereocenters. The van der Waals surface area contributed by atoms with Crippen molar-refractivity contribution < 1.29 is 32.2 Å². The lowest BCUT2D eigenvalue weighted by Crippen LogP contribution is -2.49. The van der Waals surface area contributed by atoms with Gasteiger partial charge in [-0.25, -0.2) is 15.1 Å². The smallest absolute Gasteiger partial charge is 0.425 e. The van der Waals surface area contributed by atoms with Crippen LogP contribution in [-0.2, 0) is 20.4 Å². The number of nitrogens with one attached hydrogen (secondary N) is 1. The topological polar surface area (TPSA) is 123 Å². The minimum Gasteiger partial charge on any atom is -0.483 e. The molecule has 11 nitrogen and oxygen atoms in total. The van der Waals surface area contributed by atoms with Crippen molar-refractivity contribution in [1.82, 2.24) is 25.1 Å². The van der Waals surface area contributed by atoms with E-state index in [0.717, 1.165) is 6.20 Å². The summed E-state index contributed by atoms with van der Waals surface area (Å²) in [5.41, 5.74) is -2.91. The largest absolute Gasteiger partial charge is 0.483 e. The first-order chi connectivity index (χ1) is 16.7. The fraction of sp³-hybridized carbons (Fsp3) is 0.550. The lowest BCUT2D eigenvalue weighted by atomic mass is 10.2. The van der Waals surface area contributed by atoms with E-state index < -0.39 is 29.2 Å². The van der Waals surface area contributed by atoms with Gasteiger partial charge in [-0.15, -0.1) is 0 Å². The number of amides is 1. The van der Waals surface area contributed by atoms with E-state index in [-0.39, 0.29) is 32.1 Å². The number of aromatic nitrogens is 4. The number of hydrogen-bond acceptors (Lipinski definition) is 9. The van der Waals surface area contributed by atoms with Gasteiger partial charge < -0.3 is 24.0 Å². The Morgan fingerprint density at radius 2 is 1.86 bits per heavy atom. The van der Waals surface area contributed by atoms with Crippen LogP contribution < -0.4 is 15.2 Å². The third kappa shape index (κ3) is 7.50. The Morgan fingerprint density at radius 1 is 1.17 bits per heavy atom. The quantitative estimate of drug-likeness (QED) is 0.463. The summed E-state index contributed by atoms with van der Waals surface area (Å²) >= 11 is 5.80. The van der Waals surface area contributed by atoms with E-state index in [1.807, 2.05) is 4.90 Å². The molecule has 1 fully saturated rings. The number of aromatic amines is 1. The predicted octanol–water partition coefficient (Wildman–Crippen LogP) is 1.38. The molecule has 35 heavy (non-hydrogen) atoms. The SMILES string of the molecule is COCC(COCCC(=O)N1CCN(c2ncc(Cl)cn2)CC1)Oc1cn[nH]c(=O)c1C(F)(F)F. The van der Waals surface area contributed by atoms with Crippen molar-refractivity contribution in [3.8, 4) is 5.75 Å². The van der Waals surface area contributed by atoms with Gasteiger partial charge in [0, 0.05) is 33.3 Å². The molecule has 0 aliphatic carbocycles. The first-order valence-corrected chi connectivity index (χ1v) is 10.9. The number of carbonyl (C=O) groups is 1. The second kappa shape index (κ2) is 12.1. The van der Waals surface area contributed by atoms with Gasteiger partial charge in [0.25, 0.3) is 5.56 Å². The van der Waals surface area contributed by atoms with Gasteiger partial charge in [-0.3, -0.25) is 9.59 Å². The van der Waals surface area contributed by atoms with E-state index in [1.165, 1.54) is 19.5 Å². The van der Waals surface area contributed by atoms with Gasteiger partial charge in [0.05, 0.1) is 49.9 Å². The molecule has 1 amide bonds. The van der Waals surface area contributed by atoms with Crippen molar-refractivity contribution in [3.05, 3.63) is 39.5 Å². The second-order valence-electron chi connectivity index (χ2n) is 7.53. The zero-order chi connectivity index (χ0) is 25.4. The van der Waals surface area contributed by atoms with E-state index in [0.29, 0.717) is 37.1 Å². The van der Waals surface area contributed by atoms with Crippen molar-refractivity contribution in [1.29, 1.82) is 0 Å². The predicted molar refractivity (Wildman–Crippen MR) is 117 cm³/mol. The van der Waals surface area contributed by atoms with E-state index >= 15 is 0 Å². The van der Waals surface area contributed by atoms with Gasteiger partial charge in [-0.05, 0) is 0 Å². The Balaban J connectivity index is 1.45. The average molecular weight is 521 g/mol. The molecule has 3 rings (SSSR count). The molecular formula is C20H24ClF3N6O5. The first-order valence-electron chi connectivity index (χ1n) is 10.6. The molecule has 1 unspecified atom stereocenters. The Morgan fingerprint density at radius 3 is 2.49 bits per heavy atom. The number of anilines is 1. The maximum absolute atomic E-state index is 13.2. The van der Waals surface area contributed by atoms with Crippen molar-refractivity contribution in [3.63, 3.8) is 0 Å². The number of halogens is 4. The van der Waals surface area contributed by atoms with Gasteiger partial charge in [-0.2, -0.15) is 18.3 Å². The standard InChI is InChI=1S/C20H24ClF3N6O5/c1-33-11-14(35-15-10-27-28-18(32)17(15)20(22,23)24)12-34-7-2-16(31)29-3-5-30(6-4-29)19-25-8-13(21)9-26-19/h8-10,14H,2-7,11-12H2,1H3,(H,28,32). The molecule has 3 heterocycles. The third-order valence-corrected chi connectivity index (χ3v) is 5.23. The summed E-state index contributed by atoms with van der Waals surface area (Å²) < 4.78 is 55.3. The van der Waals surface area contributed by atoms with Gasteiger partial charge >= 0.3 is 6.18 Å². The maximum Gasteiger partial charge on any atom is 0.425 e. The number of nitrogens with zero attached hydrogens (tertiary/aromatic N) is 5. The summed E-state index contributed by atoms with van der Waals surface area (Å²) in [6.45, 7) is 1.85. The molecule has 0 radical (unpaired) electrons. The summed E-state index contributed by atoms with van der Waals surface area (Å²) in [4.78, 5) is 36.1. The molecule has 1 N–H and O–H groups in total. The van der Waals surface area contributed by atoms with Crippen molar-refractivity contribution in [2.45, 2.75) is 18.7 Å². The maximum atomic E-state index is 13.2. The lowest BCUT2D eigenvalue weighted by Gasteiger charge is -2.34. The molecule has 0 bridgehead atoms. The zero-order valence-electron chi connectivity index (χ0n) is 18.8. The minimum absolute atomic E-state index is 0.0304. The summed E-state index contributed by atoms with van der Waals surface area (Å²) in [5, 5.41) is 5.54. The third-order valence-electron chi connectivity index (χ3n) is 5.04. The van der Waals surface area contributed by atoms with Crippen LogP contribution in [-0.4, -0.2) is 90.2 Å². The summed E-state index contributed by atoms with van der Waals surface area (Å²) in [5.74, 6) is -0.312. The Labute approximate surface area is 203 Å². The minimum atomic E-state index is -4.93. The highest BCUT2D eigenvalue weighted by molar-refractivity contribution is 6.30. The highest BCUT2D eigenvalue weighted by Gasteiger charge is 2.39. The van der Waals surface area contributed by atoms with Crippen molar-refractivity contribution >= 4 is 23.5 Å². The highest BCUT2D eigenvalue weighted by atomic mass is 35.5. The molecule has 1 aliphatic heterocycles. The molecule has 1 saturated heterocycles. The van der Waals surface area contributed by atoms with Gasteiger partial charge in [0.2, 0.25) is 11.9 Å². The van der Waals surface area contributed by atoms with Crippen LogP contribution in [0.15, 0.2) is 23.4 Å². The average Bonchev–Trinajstić information content (AvgIpc) is 2.81. The number of rotatable bonds is 10. The van der Waals surface area contributed by atoms with Crippen LogP contribution in [0.4, 0.5) is 19.1 Å². The van der Waals surface area contributed by atoms with E-state index in [2.05, 4.69) is 15.1 Å². The van der Waals surface area contributed by atoms with Crippen molar-refractivity contribution in [2.75, 3.05) is 58.0 Å². The summed E-state index contributed by atoms with van der Waals surface area (Å²) in [6.07, 6.45) is -2.02. The fourth-order valence-electron chi connectivity index (χ4n) is 3.38. The molecular weight excluding hydrogens is 497 g/mol. The lowest BCUT2D eigenvalue weighted by molar-refractivity contribution is -0.141. The highest BCUT2D eigenvalue weighted by Crippen LogP contribution is 2.33. The number of piperazine rings is 1. The molecule has 0 spiro atoms. The molecule has 2 aromatic heterocycles. The number of H-pyrrole nitrogens is 1. The molecule has 0 aromatic carbocycles. The number of hydrogen-bond donors (Lipinski definition) is 1. The molecule has 192 valence electrons. The van der Waals surface area contributed by atoms with E-state index in [9.17, 15) is 22.8 Å². The van der Waals surface area contributed by atoms with E-state index in [1.54, 1.807) is 10.00 Å². The summed E-state index contributed by atoms with van der Waals surface area (Å²) in [6, 6.07) is 0. The van der Waals surface area contributed by atoms with Gasteiger partial charge in [0.1, 0.15) is 6.10 Å². The Bertz CT molecular complexity index is 1030.